The SMILES string of the molecule is CN(CC1COc2ccccc2O1)S(=O)(=O)c1ccc2[nH]c(=O)[nH]c2c1. The first-order valence-electron chi connectivity index (χ1n) is 8.00. The van der Waals surface area contributed by atoms with Crippen LogP contribution >= 0.6 is 0 Å². The van der Waals surface area contributed by atoms with Gasteiger partial charge < -0.3 is 19.4 Å². The number of hydrogen-bond acceptors (Lipinski definition) is 5. The molecule has 9 heteroatoms. The van der Waals surface area contributed by atoms with E-state index in [1.54, 1.807) is 18.2 Å². The first kappa shape index (κ1) is 16.7. The van der Waals surface area contributed by atoms with Crippen LogP contribution in [0.1, 0.15) is 0 Å². The van der Waals surface area contributed by atoms with Gasteiger partial charge in [-0.25, -0.2) is 13.2 Å². The van der Waals surface area contributed by atoms with Crippen LogP contribution in [-0.4, -0.2) is 49.0 Å². The third kappa shape index (κ3) is 2.95. The van der Waals surface area contributed by atoms with Crippen LogP contribution in [0.5, 0.6) is 11.5 Å². The second kappa shape index (κ2) is 6.19. The van der Waals surface area contributed by atoms with E-state index in [4.69, 9.17) is 9.47 Å². The summed E-state index contributed by atoms with van der Waals surface area (Å²) in [5.41, 5.74) is 0.613. The van der Waals surface area contributed by atoms with Gasteiger partial charge in [-0.1, -0.05) is 12.1 Å². The number of nitrogens with one attached hydrogen (secondary N) is 2. The van der Waals surface area contributed by atoms with Crippen molar-refractivity contribution < 1.29 is 17.9 Å². The molecule has 3 aromatic rings. The van der Waals surface area contributed by atoms with Crippen LogP contribution in [0.15, 0.2) is 52.2 Å². The Bertz CT molecular complexity index is 1120. The zero-order valence-corrected chi connectivity index (χ0v) is 14.7. The average Bonchev–Trinajstić information content (AvgIpc) is 3.00. The predicted octanol–water partition coefficient (Wildman–Crippen LogP) is 1.32. The molecule has 2 N–H and O–H groups in total. The van der Waals surface area contributed by atoms with E-state index in [9.17, 15) is 13.2 Å². The second-order valence-corrected chi connectivity index (χ2v) is 8.11. The van der Waals surface area contributed by atoms with E-state index >= 15 is 0 Å². The Balaban J connectivity index is 1.54. The molecular formula is C17H17N3O5S. The van der Waals surface area contributed by atoms with Crippen LogP contribution in [0.25, 0.3) is 11.0 Å². The van der Waals surface area contributed by atoms with Crippen LogP contribution in [0.2, 0.25) is 0 Å². The van der Waals surface area contributed by atoms with Crippen molar-refractivity contribution in [2.45, 2.75) is 11.0 Å². The fourth-order valence-electron chi connectivity index (χ4n) is 2.89. The number of hydrogen-bond donors (Lipinski definition) is 2. The summed E-state index contributed by atoms with van der Waals surface area (Å²) in [6.07, 6.45) is -0.416. The first-order valence-corrected chi connectivity index (χ1v) is 9.44. The van der Waals surface area contributed by atoms with Crippen LogP contribution in [0.4, 0.5) is 0 Å². The lowest BCUT2D eigenvalue weighted by Gasteiger charge is -2.29. The average molecular weight is 375 g/mol. The molecule has 1 aliphatic heterocycles. The molecule has 1 aromatic heterocycles. The Hall–Kier alpha value is -2.78. The largest absolute Gasteiger partial charge is 0.486 e. The maximum Gasteiger partial charge on any atom is 0.323 e. The standard InChI is InChI=1S/C17H17N3O5S/c1-20(9-11-10-24-15-4-2-3-5-16(15)25-11)26(22,23)12-6-7-13-14(8-12)19-17(21)18-13/h2-8,11H,9-10H2,1H3,(H2,18,19,21). The monoisotopic (exact) mass is 375 g/mol. The number of likely N-dealkylation sites (N-methyl/N-ethyl adjacent to an activating group) is 1. The summed E-state index contributed by atoms with van der Waals surface area (Å²) in [7, 11) is -2.25. The fourth-order valence-corrected chi connectivity index (χ4v) is 4.12. The van der Waals surface area contributed by atoms with Gasteiger partial charge in [-0.05, 0) is 30.3 Å². The number of nitrogens with zero attached hydrogens (tertiary/aromatic N) is 1. The summed E-state index contributed by atoms with van der Waals surface area (Å²) in [6, 6.07) is 11.7. The summed E-state index contributed by atoms with van der Waals surface area (Å²) in [6.45, 7) is 0.402. The van der Waals surface area contributed by atoms with Gasteiger partial charge in [0.25, 0.3) is 0 Å². The zero-order chi connectivity index (χ0) is 18.3. The molecule has 2 heterocycles. The molecule has 0 spiro atoms. The van der Waals surface area contributed by atoms with Crippen molar-refractivity contribution >= 4 is 21.1 Å². The molecule has 8 nitrogen and oxygen atoms in total. The second-order valence-electron chi connectivity index (χ2n) is 6.07. The minimum atomic E-state index is -3.74. The molecule has 2 aromatic carbocycles. The number of para-hydroxylation sites is 2. The zero-order valence-electron chi connectivity index (χ0n) is 13.9. The molecule has 0 radical (unpaired) electrons. The topological polar surface area (TPSA) is 104 Å². The van der Waals surface area contributed by atoms with Gasteiger partial charge in [-0.3, -0.25) is 0 Å². The maximum atomic E-state index is 12.8. The van der Waals surface area contributed by atoms with E-state index in [0.29, 0.717) is 22.5 Å². The number of fused-ring (bicyclic) bond motifs is 2. The van der Waals surface area contributed by atoms with Crippen molar-refractivity contribution in [3.63, 3.8) is 0 Å². The predicted molar refractivity (Wildman–Crippen MR) is 95.1 cm³/mol. The number of imidazole rings is 1. The molecule has 0 saturated carbocycles. The maximum absolute atomic E-state index is 12.8. The summed E-state index contributed by atoms with van der Waals surface area (Å²) < 4.78 is 38.3. The summed E-state index contributed by atoms with van der Waals surface area (Å²) in [5, 5.41) is 0. The fraction of sp³-hybridized carbons (Fsp3) is 0.235. The highest BCUT2D eigenvalue weighted by atomic mass is 32.2. The van der Waals surface area contributed by atoms with Gasteiger partial charge in [0.1, 0.15) is 12.7 Å². The Morgan fingerprint density at radius 3 is 2.65 bits per heavy atom. The first-order chi connectivity index (χ1) is 12.4. The van der Waals surface area contributed by atoms with Crippen LogP contribution in [0, 0.1) is 0 Å². The molecule has 0 bridgehead atoms. The lowest BCUT2D eigenvalue weighted by atomic mass is 10.2. The van der Waals surface area contributed by atoms with E-state index in [2.05, 4.69) is 9.97 Å². The van der Waals surface area contributed by atoms with Crippen molar-refractivity contribution in [1.82, 2.24) is 14.3 Å². The quantitative estimate of drug-likeness (QED) is 0.716. The Kier molecular flexibility index (Phi) is 3.97. The Morgan fingerprint density at radius 1 is 1.12 bits per heavy atom. The smallest absolute Gasteiger partial charge is 0.323 e. The van der Waals surface area contributed by atoms with Crippen molar-refractivity contribution in [2.24, 2.45) is 0 Å². The van der Waals surface area contributed by atoms with Gasteiger partial charge in [-0.2, -0.15) is 4.31 Å². The highest BCUT2D eigenvalue weighted by Gasteiger charge is 2.28. The van der Waals surface area contributed by atoms with Crippen molar-refractivity contribution in [1.29, 1.82) is 0 Å². The third-order valence-electron chi connectivity index (χ3n) is 4.22. The molecule has 0 saturated heterocycles. The molecule has 1 unspecified atom stereocenters. The number of H-pyrrole nitrogens is 2. The van der Waals surface area contributed by atoms with Crippen LogP contribution < -0.4 is 15.2 Å². The highest BCUT2D eigenvalue weighted by molar-refractivity contribution is 7.89. The molecule has 1 aliphatic rings. The van der Waals surface area contributed by atoms with Crippen LogP contribution in [0.3, 0.4) is 0 Å². The minimum absolute atomic E-state index is 0.0971. The van der Waals surface area contributed by atoms with Gasteiger partial charge >= 0.3 is 5.69 Å². The van der Waals surface area contributed by atoms with Crippen molar-refractivity contribution in [3.8, 4) is 11.5 Å². The van der Waals surface area contributed by atoms with E-state index in [0.717, 1.165) is 0 Å². The molecule has 0 fully saturated rings. The van der Waals surface area contributed by atoms with Gasteiger partial charge in [0.2, 0.25) is 10.0 Å². The lowest BCUT2D eigenvalue weighted by molar-refractivity contribution is 0.0798. The molecular weight excluding hydrogens is 358 g/mol. The Morgan fingerprint density at radius 2 is 1.85 bits per heavy atom. The van der Waals surface area contributed by atoms with Gasteiger partial charge in [0, 0.05) is 7.05 Å². The van der Waals surface area contributed by atoms with E-state index < -0.39 is 16.1 Å². The van der Waals surface area contributed by atoms with Gasteiger partial charge in [-0.15, -0.1) is 0 Å². The summed E-state index contributed by atoms with van der Waals surface area (Å²) in [5.74, 6) is 1.25. The van der Waals surface area contributed by atoms with E-state index in [1.165, 1.54) is 23.5 Å². The molecule has 26 heavy (non-hydrogen) atoms. The summed E-state index contributed by atoms with van der Waals surface area (Å²) >= 11 is 0. The molecule has 0 amide bonds. The minimum Gasteiger partial charge on any atom is -0.486 e. The number of rotatable bonds is 4. The van der Waals surface area contributed by atoms with Crippen LogP contribution in [-0.2, 0) is 10.0 Å². The molecule has 136 valence electrons. The number of benzene rings is 2. The number of aromatic nitrogens is 2. The van der Waals surface area contributed by atoms with E-state index in [-0.39, 0.29) is 23.7 Å². The van der Waals surface area contributed by atoms with Crippen molar-refractivity contribution in [3.05, 3.63) is 52.9 Å². The lowest BCUT2D eigenvalue weighted by Crippen LogP contribution is -2.41. The molecule has 0 aliphatic carbocycles. The number of ether oxygens (including phenoxy) is 2. The third-order valence-corrected chi connectivity index (χ3v) is 6.04. The number of aromatic amines is 2. The number of sulfonamides is 1. The van der Waals surface area contributed by atoms with Gasteiger partial charge in [0.05, 0.1) is 22.5 Å². The summed E-state index contributed by atoms with van der Waals surface area (Å²) in [4.78, 5) is 16.6. The Labute approximate surface area is 149 Å². The van der Waals surface area contributed by atoms with Gasteiger partial charge in [0.15, 0.2) is 11.5 Å². The van der Waals surface area contributed by atoms with E-state index in [1.807, 2.05) is 12.1 Å². The molecule has 4 rings (SSSR count). The molecule has 1 atom stereocenters. The normalized spacial score (nSPS) is 16.9. The highest BCUT2D eigenvalue weighted by Crippen LogP contribution is 2.31. The van der Waals surface area contributed by atoms with Crippen molar-refractivity contribution in [2.75, 3.05) is 20.2 Å².